The fraction of sp³-hybridized carbons (Fsp3) is 0.500. The van der Waals surface area contributed by atoms with Gasteiger partial charge in [-0.1, -0.05) is 5.16 Å². The SMILES string of the molecule is Nc1nc(C(=NOC2CCCC2)C(=O)N[C@@H]2C(=O)N3C(C(=O)O)=C(C=C4CCN(CC(F)(F)F)C4=O)OC[C@H]23)cs1. The second-order valence-corrected chi connectivity index (χ2v) is 10.7. The molecule has 41 heavy (non-hydrogen) atoms. The molecule has 4 aliphatic rings. The summed E-state index contributed by atoms with van der Waals surface area (Å²) in [6, 6.07) is -2.08. The van der Waals surface area contributed by atoms with Gasteiger partial charge in [-0.2, -0.15) is 13.2 Å². The largest absolute Gasteiger partial charge is 0.489 e. The van der Waals surface area contributed by atoms with Crippen LogP contribution in [0.1, 0.15) is 37.8 Å². The molecule has 1 aromatic rings. The number of halogens is 3. The number of anilines is 1. The summed E-state index contributed by atoms with van der Waals surface area (Å²) in [7, 11) is 0. The van der Waals surface area contributed by atoms with E-state index in [4.69, 9.17) is 15.3 Å². The van der Waals surface area contributed by atoms with E-state index in [9.17, 15) is 37.5 Å². The molecule has 1 saturated carbocycles. The van der Waals surface area contributed by atoms with E-state index in [1.165, 1.54) is 5.38 Å². The Labute approximate surface area is 234 Å². The van der Waals surface area contributed by atoms with E-state index in [-0.39, 0.29) is 53.5 Å². The number of nitrogens with one attached hydrogen (secondary N) is 1. The van der Waals surface area contributed by atoms with E-state index in [0.717, 1.165) is 48.0 Å². The molecule has 0 spiro atoms. The van der Waals surface area contributed by atoms with Crippen molar-refractivity contribution < 1.29 is 47.0 Å². The van der Waals surface area contributed by atoms with Crippen molar-refractivity contribution in [1.82, 2.24) is 20.1 Å². The predicted molar refractivity (Wildman–Crippen MR) is 135 cm³/mol. The third-order valence-corrected chi connectivity index (χ3v) is 7.73. The third-order valence-electron chi connectivity index (χ3n) is 7.06. The van der Waals surface area contributed by atoms with Crippen LogP contribution in [0.2, 0.25) is 0 Å². The molecule has 4 N–H and O–H groups in total. The van der Waals surface area contributed by atoms with Crippen LogP contribution in [0.4, 0.5) is 18.3 Å². The number of carbonyl (C=O) groups excluding carboxylic acids is 3. The first-order valence-corrected chi connectivity index (χ1v) is 13.6. The number of aromatic nitrogens is 1. The van der Waals surface area contributed by atoms with Crippen molar-refractivity contribution in [3.8, 4) is 0 Å². The number of carboxylic acid groups (broad SMARTS) is 1. The summed E-state index contributed by atoms with van der Waals surface area (Å²) in [5.74, 6) is -4.34. The number of amides is 3. The van der Waals surface area contributed by atoms with Gasteiger partial charge < -0.3 is 30.6 Å². The number of alkyl halides is 3. The highest BCUT2D eigenvalue weighted by Gasteiger charge is 2.55. The molecule has 1 aromatic heterocycles. The Balaban J connectivity index is 1.32. The Morgan fingerprint density at radius 2 is 2.05 bits per heavy atom. The maximum absolute atomic E-state index is 13.2. The molecule has 5 rings (SSSR count). The number of nitrogens with zero attached hydrogens (tertiary/aromatic N) is 4. The summed E-state index contributed by atoms with van der Waals surface area (Å²) in [6.07, 6.45) is -0.261. The topological polar surface area (TPSA) is 177 Å². The summed E-state index contributed by atoms with van der Waals surface area (Å²) in [6.45, 7) is -1.88. The second-order valence-electron chi connectivity index (χ2n) is 9.84. The minimum absolute atomic E-state index is 0.0586. The number of nitrogens with two attached hydrogens (primary N) is 1. The van der Waals surface area contributed by atoms with Crippen molar-refractivity contribution in [1.29, 1.82) is 0 Å². The molecule has 2 atom stereocenters. The number of carbonyl (C=O) groups is 4. The average molecular weight is 599 g/mol. The molecule has 4 heterocycles. The highest BCUT2D eigenvalue weighted by molar-refractivity contribution is 7.13. The monoisotopic (exact) mass is 598 g/mol. The molecule has 13 nitrogen and oxygen atoms in total. The average Bonchev–Trinajstić information content (AvgIpc) is 3.65. The van der Waals surface area contributed by atoms with Gasteiger partial charge in [0.1, 0.15) is 37.0 Å². The number of allylic oxidation sites excluding steroid dienone is 1. The van der Waals surface area contributed by atoms with Gasteiger partial charge in [-0.05, 0) is 38.2 Å². The molecular weight excluding hydrogens is 573 g/mol. The zero-order valence-electron chi connectivity index (χ0n) is 21.3. The molecule has 3 amide bonds. The summed E-state index contributed by atoms with van der Waals surface area (Å²) >= 11 is 1.08. The number of β-lactam (4-membered cyclic amide) rings is 1. The normalized spacial score (nSPS) is 24.5. The van der Waals surface area contributed by atoms with Crippen LogP contribution < -0.4 is 11.1 Å². The van der Waals surface area contributed by atoms with E-state index in [2.05, 4.69) is 15.5 Å². The molecule has 2 saturated heterocycles. The summed E-state index contributed by atoms with van der Waals surface area (Å²) in [4.78, 5) is 61.9. The van der Waals surface area contributed by atoms with Gasteiger partial charge in [0.15, 0.2) is 22.3 Å². The quantitative estimate of drug-likeness (QED) is 0.171. The zero-order chi connectivity index (χ0) is 29.5. The Bertz CT molecular complexity index is 1370. The Hall–Kier alpha value is -4.15. The van der Waals surface area contributed by atoms with E-state index >= 15 is 0 Å². The number of likely N-dealkylation sites (tertiary alicyclic amines) is 1. The number of fused-ring (bicyclic) bond motifs is 1. The molecular formula is C24H25F3N6O7S. The minimum atomic E-state index is -4.59. The van der Waals surface area contributed by atoms with Gasteiger partial charge in [0.25, 0.3) is 11.8 Å². The maximum atomic E-state index is 13.2. The van der Waals surface area contributed by atoms with Crippen molar-refractivity contribution in [3.05, 3.63) is 34.2 Å². The smallest absolute Gasteiger partial charge is 0.406 e. The first kappa shape index (κ1) is 28.4. The highest BCUT2D eigenvalue weighted by Crippen LogP contribution is 2.35. The first-order valence-electron chi connectivity index (χ1n) is 12.7. The molecule has 3 fully saturated rings. The van der Waals surface area contributed by atoms with E-state index in [0.29, 0.717) is 4.90 Å². The standard InChI is InChI=1S/C24H25F3N6O7S/c25-24(26,27)10-32-6-5-11(20(32)35)7-15-18(22(37)38)33-14(8-39-15)17(21(33)36)30-19(34)16(13-9-41-23(28)29-13)31-40-12-3-1-2-4-12/h7,9,12,14,17H,1-6,8,10H2,(H2,28,29)(H,30,34)(H,37,38)/t14-,17+/m1/s1. The van der Waals surface area contributed by atoms with Crippen molar-refractivity contribution in [2.45, 2.75) is 56.5 Å². The first-order chi connectivity index (χ1) is 19.4. The van der Waals surface area contributed by atoms with Gasteiger partial charge in [0, 0.05) is 17.5 Å². The Kier molecular flexibility index (Phi) is 7.63. The van der Waals surface area contributed by atoms with Crippen LogP contribution in [0, 0.1) is 0 Å². The molecule has 220 valence electrons. The maximum Gasteiger partial charge on any atom is 0.406 e. The van der Waals surface area contributed by atoms with Gasteiger partial charge in [-0.3, -0.25) is 19.3 Å². The molecule has 0 aromatic carbocycles. The van der Waals surface area contributed by atoms with Crippen LogP contribution in [0.5, 0.6) is 0 Å². The lowest BCUT2D eigenvalue weighted by molar-refractivity contribution is -0.159. The fourth-order valence-corrected chi connectivity index (χ4v) is 5.64. The number of aliphatic carboxylic acids is 1. The number of hydrogen-bond acceptors (Lipinski definition) is 10. The summed E-state index contributed by atoms with van der Waals surface area (Å²) in [5.41, 5.74) is 4.99. The van der Waals surface area contributed by atoms with Crippen molar-refractivity contribution >= 4 is 45.9 Å². The van der Waals surface area contributed by atoms with E-state index in [1.54, 1.807) is 0 Å². The number of ether oxygens (including phenoxy) is 1. The fourth-order valence-electron chi connectivity index (χ4n) is 5.09. The number of carboxylic acids is 1. The Morgan fingerprint density at radius 1 is 1.32 bits per heavy atom. The van der Waals surface area contributed by atoms with Crippen LogP contribution in [0.15, 0.2) is 33.6 Å². The van der Waals surface area contributed by atoms with Crippen molar-refractivity contribution in [2.75, 3.05) is 25.4 Å². The molecule has 1 aliphatic carbocycles. The number of thiazole rings is 1. The van der Waals surface area contributed by atoms with Crippen LogP contribution in [-0.4, -0.2) is 93.4 Å². The number of rotatable bonds is 8. The molecule has 17 heteroatoms. The molecule has 0 bridgehead atoms. The van der Waals surface area contributed by atoms with Gasteiger partial charge in [-0.15, -0.1) is 11.3 Å². The lowest BCUT2D eigenvalue weighted by Gasteiger charge is -2.49. The summed E-state index contributed by atoms with van der Waals surface area (Å²) < 4.78 is 43.8. The number of oxime groups is 1. The molecule has 0 unspecified atom stereocenters. The molecule has 0 radical (unpaired) electrons. The predicted octanol–water partition coefficient (Wildman–Crippen LogP) is 1.13. The Morgan fingerprint density at radius 3 is 2.68 bits per heavy atom. The van der Waals surface area contributed by atoms with Crippen LogP contribution in [0.3, 0.4) is 0 Å². The number of nitrogen functional groups attached to an aromatic ring is 1. The number of hydrogen-bond donors (Lipinski definition) is 3. The van der Waals surface area contributed by atoms with Crippen molar-refractivity contribution in [3.63, 3.8) is 0 Å². The zero-order valence-corrected chi connectivity index (χ0v) is 22.2. The summed E-state index contributed by atoms with van der Waals surface area (Å²) in [5, 5.41) is 18.1. The highest BCUT2D eigenvalue weighted by atomic mass is 32.1. The van der Waals surface area contributed by atoms with Gasteiger partial charge >= 0.3 is 12.1 Å². The van der Waals surface area contributed by atoms with Gasteiger partial charge in [0.05, 0.1) is 0 Å². The van der Waals surface area contributed by atoms with Crippen LogP contribution in [-0.2, 0) is 28.8 Å². The lowest BCUT2D eigenvalue weighted by atomic mass is 9.92. The minimum Gasteiger partial charge on any atom is -0.489 e. The lowest BCUT2D eigenvalue weighted by Crippen LogP contribution is -2.73. The van der Waals surface area contributed by atoms with Gasteiger partial charge in [0.2, 0.25) is 5.91 Å². The van der Waals surface area contributed by atoms with Crippen molar-refractivity contribution in [2.24, 2.45) is 5.16 Å². The third kappa shape index (κ3) is 5.84. The van der Waals surface area contributed by atoms with E-state index < -0.39 is 54.2 Å². The van der Waals surface area contributed by atoms with Crippen LogP contribution >= 0.6 is 11.3 Å². The molecule has 3 aliphatic heterocycles. The van der Waals surface area contributed by atoms with Crippen LogP contribution in [0.25, 0.3) is 0 Å². The van der Waals surface area contributed by atoms with Gasteiger partial charge in [-0.25, -0.2) is 9.78 Å². The second kappa shape index (κ2) is 11.0. The van der Waals surface area contributed by atoms with E-state index in [1.807, 2.05) is 0 Å².